The van der Waals surface area contributed by atoms with Crippen LogP contribution in [0.1, 0.15) is 10.4 Å². The van der Waals surface area contributed by atoms with Crippen LogP contribution in [0.4, 0.5) is 11.6 Å². The van der Waals surface area contributed by atoms with E-state index < -0.39 is 0 Å². The van der Waals surface area contributed by atoms with Gasteiger partial charge in [0.25, 0.3) is 5.91 Å². The van der Waals surface area contributed by atoms with Crippen LogP contribution in [0, 0.1) is 0 Å². The Hall–Kier alpha value is -2.82. The van der Waals surface area contributed by atoms with Crippen molar-refractivity contribution in [2.45, 2.75) is 0 Å². The summed E-state index contributed by atoms with van der Waals surface area (Å²) < 4.78 is 0. The first-order valence-electron chi connectivity index (χ1n) is 5.84. The van der Waals surface area contributed by atoms with Crippen LogP contribution >= 0.6 is 0 Å². The number of hydrogen-bond donors (Lipinski definition) is 3. The molecule has 4 N–H and O–H groups in total. The molecule has 0 unspecified atom stereocenters. The fraction of sp³-hybridized carbons (Fsp3) is 0. The highest BCUT2D eigenvalue weighted by molar-refractivity contribution is 6.04. The van der Waals surface area contributed by atoms with Gasteiger partial charge in [0.15, 0.2) is 0 Å². The standard InChI is InChI=1S/C14H12N4O/c15-10-5-3-4-9(8-10)13(19)18-14-16-11-6-1-2-7-12(11)17-14/h1-8H,15H2,(H2,16,17,18,19). The van der Waals surface area contributed by atoms with Crippen LogP contribution in [-0.2, 0) is 0 Å². The van der Waals surface area contributed by atoms with Gasteiger partial charge < -0.3 is 10.7 Å². The zero-order valence-corrected chi connectivity index (χ0v) is 10.1. The molecule has 2 aromatic carbocycles. The van der Waals surface area contributed by atoms with Crippen molar-refractivity contribution in [2.75, 3.05) is 11.1 Å². The SMILES string of the molecule is Nc1cccc(C(=O)Nc2nc3ccccc3[nH]2)c1. The van der Waals surface area contributed by atoms with Gasteiger partial charge in [-0.1, -0.05) is 18.2 Å². The Morgan fingerprint density at radius 3 is 2.79 bits per heavy atom. The zero-order valence-electron chi connectivity index (χ0n) is 10.1. The van der Waals surface area contributed by atoms with Crippen LogP contribution in [-0.4, -0.2) is 15.9 Å². The van der Waals surface area contributed by atoms with Gasteiger partial charge >= 0.3 is 0 Å². The number of carbonyl (C=O) groups excluding carboxylic acids is 1. The average Bonchev–Trinajstić information content (AvgIpc) is 2.80. The van der Waals surface area contributed by atoms with Crippen molar-refractivity contribution < 1.29 is 4.79 Å². The number of nitrogen functional groups attached to an aromatic ring is 1. The van der Waals surface area contributed by atoms with E-state index in [1.807, 2.05) is 24.3 Å². The average molecular weight is 252 g/mol. The third-order valence-corrected chi connectivity index (χ3v) is 2.77. The number of hydrogen-bond acceptors (Lipinski definition) is 3. The Bertz CT molecular complexity index is 715. The van der Waals surface area contributed by atoms with Crippen molar-refractivity contribution in [3.63, 3.8) is 0 Å². The Balaban J connectivity index is 1.86. The first-order chi connectivity index (χ1) is 9.22. The summed E-state index contributed by atoms with van der Waals surface area (Å²) in [6.07, 6.45) is 0. The molecule has 1 aromatic heterocycles. The van der Waals surface area contributed by atoms with Gasteiger partial charge in [-0.3, -0.25) is 10.1 Å². The number of nitrogens with two attached hydrogens (primary N) is 1. The summed E-state index contributed by atoms with van der Waals surface area (Å²) in [5.74, 6) is 0.181. The molecule has 5 nitrogen and oxygen atoms in total. The normalized spacial score (nSPS) is 10.5. The van der Waals surface area contributed by atoms with E-state index in [1.165, 1.54) is 0 Å². The van der Waals surface area contributed by atoms with Crippen molar-refractivity contribution >= 4 is 28.6 Å². The summed E-state index contributed by atoms with van der Waals surface area (Å²) in [6, 6.07) is 14.4. The lowest BCUT2D eigenvalue weighted by molar-refractivity contribution is 0.102. The lowest BCUT2D eigenvalue weighted by Gasteiger charge is -2.02. The van der Waals surface area contributed by atoms with Gasteiger partial charge in [0.05, 0.1) is 11.0 Å². The molecular weight excluding hydrogens is 240 g/mol. The monoisotopic (exact) mass is 252 g/mol. The molecule has 0 atom stereocenters. The van der Waals surface area contributed by atoms with Crippen molar-refractivity contribution in [3.8, 4) is 0 Å². The Labute approximate surface area is 109 Å². The number of amides is 1. The fourth-order valence-electron chi connectivity index (χ4n) is 1.87. The van der Waals surface area contributed by atoms with E-state index in [1.54, 1.807) is 24.3 Å². The number of aromatic amines is 1. The van der Waals surface area contributed by atoms with Gasteiger partial charge in [0, 0.05) is 11.3 Å². The summed E-state index contributed by atoms with van der Waals surface area (Å²) in [5.41, 5.74) is 8.39. The van der Waals surface area contributed by atoms with Crippen LogP contribution < -0.4 is 11.1 Å². The molecule has 5 heteroatoms. The van der Waals surface area contributed by atoms with Gasteiger partial charge in [0.2, 0.25) is 5.95 Å². The summed E-state index contributed by atoms with van der Waals surface area (Å²) in [6.45, 7) is 0. The number of para-hydroxylation sites is 2. The summed E-state index contributed by atoms with van der Waals surface area (Å²) in [5, 5.41) is 2.71. The summed E-state index contributed by atoms with van der Waals surface area (Å²) >= 11 is 0. The molecule has 1 heterocycles. The van der Waals surface area contributed by atoms with E-state index in [4.69, 9.17) is 5.73 Å². The molecule has 0 aliphatic rings. The largest absolute Gasteiger partial charge is 0.399 e. The van der Waals surface area contributed by atoms with E-state index in [0.717, 1.165) is 11.0 Å². The van der Waals surface area contributed by atoms with Crippen LogP contribution in [0.2, 0.25) is 0 Å². The van der Waals surface area contributed by atoms with Gasteiger partial charge in [0.1, 0.15) is 0 Å². The second kappa shape index (κ2) is 4.45. The number of anilines is 2. The molecule has 0 saturated carbocycles. The lowest BCUT2D eigenvalue weighted by Crippen LogP contribution is -2.13. The van der Waals surface area contributed by atoms with E-state index in [9.17, 15) is 4.79 Å². The van der Waals surface area contributed by atoms with Gasteiger partial charge in [-0.2, -0.15) is 0 Å². The molecule has 0 aliphatic carbocycles. The number of nitrogens with one attached hydrogen (secondary N) is 2. The highest BCUT2D eigenvalue weighted by Crippen LogP contribution is 2.14. The van der Waals surface area contributed by atoms with Crippen LogP contribution in [0.25, 0.3) is 11.0 Å². The van der Waals surface area contributed by atoms with Crippen LogP contribution in [0.5, 0.6) is 0 Å². The molecule has 0 spiro atoms. The minimum Gasteiger partial charge on any atom is -0.399 e. The predicted molar refractivity (Wildman–Crippen MR) is 74.9 cm³/mol. The maximum Gasteiger partial charge on any atom is 0.258 e. The first-order valence-corrected chi connectivity index (χ1v) is 5.84. The summed E-state index contributed by atoms with van der Waals surface area (Å²) in [4.78, 5) is 19.3. The number of aromatic nitrogens is 2. The third kappa shape index (κ3) is 2.26. The topological polar surface area (TPSA) is 83.8 Å². The minimum absolute atomic E-state index is 0.244. The Kier molecular flexibility index (Phi) is 2.64. The van der Waals surface area contributed by atoms with Crippen LogP contribution in [0.15, 0.2) is 48.5 Å². The van der Waals surface area contributed by atoms with Crippen molar-refractivity contribution in [3.05, 3.63) is 54.1 Å². The molecule has 1 amide bonds. The fourth-order valence-corrected chi connectivity index (χ4v) is 1.87. The molecule has 3 aromatic rings. The number of benzene rings is 2. The molecule has 94 valence electrons. The van der Waals surface area contributed by atoms with E-state index in [2.05, 4.69) is 15.3 Å². The predicted octanol–water partition coefficient (Wildman–Crippen LogP) is 2.40. The summed E-state index contributed by atoms with van der Waals surface area (Å²) in [7, 11) is 0. The molecule has 0 aliphatic heterocycles. The van der Waals surface area contributed by atoms with Crippen molar-refractivity contribution in [1.82, 2.24) is 9.97 Å². The quantitative estimate of drug-likeness (QED) is 0.612. The maximum atomic E-state index is 12.0. The van der Waals surface area contributed by atoms with Gasteiger partial charge in [-0.05, 0) is 30.3 Å². The second-order valence-electron chi connectivity index (χ2n) is 4.18. The van der Waals surface area contributed by atoms with E-state index >= 15 is 0 Å². The van der Waals surface area contributed by atoms with Crippen LogP contribution in [0.3, 0.4) is 0 Å². The number of fused-ring (bicyclic) bond motifs is 1. The van der Waals surface area contributed by atoms with Crippen molar-refractivity contribution in [1.29, 1.82) is 0 Å². The second-order valence-corrected chi connectivity index (χ2v) is 4.18. The smallest absolute Gasteiger partial charge is 0.258 e. The Morgan fingerprint density at radius 1 is 1.16 bits per heavy atom. The molecule has 3 rings (SSSR count). The molecule has 0 fully saturated rings. The van der Waals surface area contributed by atoms with E-state index in [0.29, 0.717) is 17.2 Å². The highest BCUT2D eigenvalue weighted by atomic mass is 16.1. The highest BCUT2D eigenvalue weighted by Gasteiger charge is 2.09. The number of imidazole rings is 1. The number of H-pyrrole nitrogens is 1. The molecule has 19 heavy (non-hydrogen) atoms. The lowest BCUT2D eigenvalue weighted by atomic mass is 10.2. The maximum absolute atomic E-state index is 12.0. The minimum atomic E-state index is -0.244. The van der Waals surface area contributed by atoms with Gasteiger partial charge in [-0.25, -0.2) is 4.98 Å². The number of nitrogens with zero attached hydrogens (tertiary/aromatic N) is 1. The molecule has 0 saturated heterocycles. The van der Waals surface area contributed by atoms with Gasteiger partial charge in [-0.15, -0.1) is 0 Å². The third-order valence-electron chi connectivity index (χ3n) is 2.77. The number of carbonyl (C=O) groups is 1. The number of rotatable bonds is 2. The zero-order chi connectivity index (χ0) is 13.2. The van der Waals surface area contributed by atoms with E-state index in [-0.39, 0.29) is 5.91 Å². The molecule has 0 bridgehead atoms. The van der Waals surface area contributed by atoms with Crippen molar-refractivity contribution in [2.24, 2.45) is 0 Å². The first kappa shape index (κ1) is 11.3. The molecular formula is C14H12N4O. The Morgan fingerprint density at radius 2 is 2.00 bits per heavy atom. The molecule has 0 radical (unpaired) electrons.